The Bertz CT molecular complexity index is 1100. The number of hydrogen-bond donors (Lipinski definition) is 1. The monoisotopic (exact) mass is 533 g/mol. The van der Waals surface area contributed by atoms with Gasteiger partial charge in [-0.25, -0.2) is 0 Å². The molecule has 3 rings (SSSR count). The summed E-state index contributed by atoms with van der Waals surface area (Å²) in [5.74, 6) is 0.409. The summed E-state index contributed by atoms with van der Waals surface area (Å²) in [7, 11) is 0. The lowest BCUT2D eigenvalue weighted by Gasteiger charge is -2.30. The summed E-state index contributed by atoms with van der Waals surface area (Å²) >= 11 is 1.24. The molecular formula is C28H34F3N3O2S. The predicted octanol–water partition coefficient (Wildman–Crippen LogP) is 5.92. The zero-order valence-corrected chi connectivity index (χ0v) is 22.5. The van der Waals surface area contributed by atoms with Gasteiger partial charge in [-0.05, 0) is 47.7 Å². The van der Waals surface area contributed by atoms with Crippen molar-refractivity contribution >= 4 is 35.3 Å². The fraction of sp³-hybridized carbons (Fsp3) is 0.429. The standard InChI is InChI=1S/C28H34F3N3O2S/c1-19(2)16-33(17-20(3)4)14-13-32-26(35)18-34-23-7-5-6-8-24(23)37-25(27(34)36)15-21-9-11-22(12-10-21)28(29,30)31/h5-12,15,19-20H,13-14,16-18H2,1-4H3,(H,32,35)/b25-15-. The maximum absolute atomic E-state index is 13.3. The van der Waals surface area contributed by atoms with Crippen molar-refractivity contribution in [2.75, 3.05) is 37.6 Å². The molecule has 9 heteroatoms. The fourth-order valence-electron chi connectivity index (χ4n) is 4.18. The number of anilines is 1. The highest BCUT2D eigenvalue weighted by atomic mass is 32.2. The number of fused-ring (bicyclic) bond motifs is 1. The molecule has 2 aromatic rings. The Morgan fingerprint density at radius 2 is 1.65 bits per heavy atom. The minimum absolute atomic E-state index is 0.144. The largest absolute Gasteiger partial charge is 0.416 e. The van der Waals surface area contributed by atoms with Crippen LogP contribution in [0.2, 0.25) is 0 Å². The summed E-state index contributed by atoms with van der Waals surface area (Å²) in [6.07, 6.45) is -2.87. The van der Waals surface area contributed by atoms with Crippen LogP contribution in [0.25, 0.3) is 6.08 Å². The van der Waals surface area contributed by atoms with Crippen LogP contribution >= 0.6 is 11.8 Å². The molecule has 37 heavy (non-hydrogen) atoms. The molecule has 0 bridgehead atoms. The van der Waals surface area contributed by atoms with Gasteiger partial charge in [-0.15, -0.1) is 0 Å². The Morgan fingerprint density at radius 1 is 1.03 bits per heavy atom. The first-order chi connectivity index (χ1) is 17.4. The van der Waals surface area contributed by atoms with Crippen molar-refractivity contribution in [3.63, 3.8) is 0 Å². The van der Waals surface area contributed by atoms with Crippen molar-refractivity contribution < 1.29 is 22.8 Å². The normalized spacial score (nSPS) is 15.1. The van der Waals surface area contributed by atoms with E-state index < -0.39 is 11.7 Å². The Hall–Kier alpha value is -2.78. The molecule has 2 amide bonds. The molecule has 1 N–H and O–H groups in total. The molecule has 0 radical (unpaired) electrons. The van der Waals surface area contributed by atoms with Gasteiger partial charge in [0.2, 0.25) is 5.91 Å². The highest BCUT2D eigenvalue weighted by Gasteiger charge is 2.31. The Morgan fingerprint density at radius 3 is 2.24 bits per heavy atom. The van der Waals surface area contributed by atoms with Crippen LogP contribution in [0.4, 0.5) is 18.9 Å². The SMILES string of the molecule is CC(C)CN(CCNC(=O)CN1C(=O)/C(=C/c2ccc(C(F)(F)F)cc2)Sc2ccccc21)CC(C)C. The molecule has 0 aliphatic carbocycles. The lowest BCUT2D eigenvalue weighted by molar-refractivity contribution is -0.137. The number of carbonyl (C=O) groups excluding carboxylic acids is 2. The minimum Gasteiger partial charge on any atom is -0.353 e. The van der Waals surface area contributed by atoms with E-state index in [4.69, 9.17) is 0 Å². The van der Waals surface area contributed by atoms with Gasteiger partial charge in [0.1, 0.15) is 6.54 Å². The number of rotatable bonds is 10. The Labute approximate surface area is 221 Å². The first-order valence-electron chi connectivity index (χ1n) is 12.4. The van der Waals surface area contributed by atoms with E-state index in [1.807, 2.05) is 12.1 Å². The second kappa shape index (κ2) is 12.6. The molecule has 5 nitrogen and oxygen atoms in total. The second-order valence-electron chi connectivity index (χ2n) is 9.99. The lowest BCUT2D eigenvalue weighted by atomic mass is 10.1. The maximum atomic E-state index is 13.3. The van der Waals surface area contributed by atoms with Gasteiger partial charge in [0.05, 0.1) is 16.2 Å². The van der Waals surface area contributed by atoms with Gasteiger partial charge in [0.25, 0.3) is 5.91 Å². The van der Waals surface area contributed by atoms with Crippen LogP contribution in [0.15, 0.2) is 58.3 Å². The Kier molecular flexibility index (Phi) is 9.84. The van der Waals surface area contributed by atoms with Crippen LogP contribution in [0.1, 0.15) is 38.8 Å². The molecular weight excluding hydrogens is 499 g/mol. The number of alkyl halides is 3. The summed E-state index contributed by atoms with van der Waals surface area (Å²) in [5.41, 5.74) is 0.364. The van der Waals surface area contributed by atoms with Crippen LogP contribution in [0.5, 0.6) is 0 Å². The smallest absolute Gasteiger partial charge is 0.353 e. The van der Waals surface area contributed by atoms with Gasteiger partial charge in [-0.1, -0.05) is 63.7 Å². The average Bonchev–Trinajstić information content (AvgIpc) is 2.80. The third-order valence-corrected chi connectivity index (χ3v) is 6.74. The number of hydrogen-bond acceptors (Lipinski definition) is 4. The van der Waals surface area contributed by atoms with Gasteiger partial charge < -0.3 is 10.2 Å². The topological polar surface area (TPSA) is 52.7 Å². The number of thioether (sulfide) groups is 1. The van der Waals surface area contributed by atoms with Gasteiger partial charge in [-0.3, -0.25) is 14.5 Å². The van der Waals surface area contributed by atoms with Crippen molar-refractivity contribution in [3.8, 4) is 0 Å². The summed E-state index contributed by atoms with van der Waals surface area (Å²) in [4.78, 5) is 31.1. The van der Waals surface area contributed by atoms with Crippen LogP contribution in [-0.4, -0.2) is 49.4 Å². The van der Waals surface area contributed by atoms with E-state index in [-0.39, 0.29) is 18.4 Å². The molecule has 200 valence electrons. The first kappa shape index (κ1) is 28.8. The van der Waals surface area contributed by atoms with Crippen LogP contribution < -0.4 is 10.2 Å². The van der Waals surface area contributed by atoms with Gasteiger partial charge in [0, 0.05) is 31.1 Å². The number of carbonyl (C=O) groups is 2. The molecule has 0 unspecified atom stereocenters. The third-order valence-electron chi connectivity index (χ3n) is 5.67. The number of benzene rings is 2. The van der Waals surface area contributed by atoms with Gasteiger partial charge in [-0.2, -0.15) is 13.2 Å². The van der Waals surface area contributed by atoms with Crippen LogP contribution in [0, 0.1) is 11.8 Å². The van der Waals surface area contributed by atoms with E-state index in [0.717, 1.165) is 36.7 Å². The van der Waals surface area contributed by atoms with Crippen molar-refractivity contribution in [1.82, 2.24) is 10.2 Å². The summed E-state index contributed by atoms with van der Waals surface area (Å²) in [6.45, 7) is 11.6. The van der Waals surface area contributed by atoms with Gasteiger partial charge in [0.15, 0.2) is 0 Å². The Balaban J connectivity index is 1.71. The number of nitrogens with zero attached hydrogens (tertiary/aromatic N) is 2. The molecule has 1 aliphatic rings. The number of nitrogens with one attached hydrogen (secondary N) is 1. The van der Waals surface area contributed by atoms with E-state index in [1.54, 1.807) is 18.2 Å². The summed E-state index contributed by atoms with van der Waals surface area (Å²) in [5, 5.41) is 2.94. The highest BCUT2D eigenvalue weighted by Crippen LogP contribution is 2.42. The number of halogens is 3. The first-order valence-corrected chi connectivity index (χ1v) is 13.2. The zero-order valence-electron chi connectivity index (χ0n) is 21.6. The molecule has 0 fully saturated rings. The van der Waals surface area contributed by atoms with E-state index >= 15 is 0 Å². The summed E-state index contributed by atoms with van der Waals surface area (Å²) < 4.78 is 38.7. The summed E-state index contributed by atoms with van der Waals surface area (Å²) in [6, 6.07) is 11.9. The van der Waals surface area contributed by atoms with E-state index in [2.05, 4.69) is 37.9 Å². The maximum Gasteiger partial charge on any atom is 0.416 e. The van der Waals surface area contributed by atoms with Crippen LogP contribution in [-0.2, 0) is 15.8 Å². The number of amides is 2. The molecule has 0 saturated carbocycles. The van der Waals surface area contributed by atoms with E-state index in [0.29, 0.717) is 34.5 Å². The molecule has 0 atom stereocenters. The zero-order chi connectivity index (χ0) is 27.2. The molecule has 2 aromatic carbocycles. The minimum atomic E-state index is -4.43. The van der Waals surface area contributed by atoms with E-state index in [1.165, 1.54) is 28.8 Å². The second-order valence-corrected chi connectivity index (χ2v) is 11.1. The predicted molar refractivity (Wildman–Crippen MR) is 143 cm³/mol. The molecule has 1 heterocycles. The molecule has 1 aliphatic heterocycles. The van der Waals surface area contributed by atoms with Crippen molar-refractivity contribution in [2.45, 2.75) is 38.8 Å². The molecule has 0 spiro atoms. The highest BCUT2D eigenvalue weighted by molar-refractivity contribution is 8.04. The average molecular weight is 534 g/mol. The van der Waals surface area contributed by atoms with E-state index in [9.17, 15) is 22.8 Å². The van der Waals surface area contributed by atoms with Crippen molar-refractivity contribution in [3.05, 3.63) is 64.6 Å². The van der Waals surface area contributed by atoms with Crippen molar-refractivity contribution in [1.29, 1.82) is 0 Å². The quantitative estimate of drug-likeness (QED) is 0.386. The van der Waals surface area contributed by atoms with Gasteiger partial charge >= 0.3 is 6.18 Å². The fourth-order valence-corrected chi connectivity index (χ4v) is 5.24. The number of para-hydroxylation sites is 1. The molecule has 0 aromatic heterocycles. The molecule has 0 saturated heterocycles. The third kappa shape index (κ3) is 8.36. The van der Waals surface area contributed by atoms with Crippen LogP contribution in [0.3, 0.4) is 0 Å². The lowest BCUT2D eigenvalue weighted by Crippen LogP contribution is -2.45. The van der Waals surface area contributed by atoms with Crippen molar-refractivity contribution in [2.24, 2.45) is 11.8 Å².